The van der Waals surface area contributed by atoms with E-state index in [-0.39, 0.29) is 17.9 Å². The van der Waals surface area contributed by atoms with Crippen LogP contribution in [-0.4, -0.2) is 42.4 Å². The van der Waals surface area contributed by atoms with Gasteiger partial charge in [0.2, 0.25) is 11.8 Å². The lowest BCUT2D eigenvalue weighted by Crippen LogP contribution is -2.42. The van der Waals surface area contributed by atoms with E-state index in [2.05, 4.69) is 10.2 Å². The number of likely N-dealkylation sites (tertiary alicyclic amines) is 1. The molecule has 2 atom stereocenters. The highest BCUT2D eigenvalue weighted by Gasteiger charge is 2.32. The number of nitrogens with one attached hydrogen (secondary N) is 1. The molecule has 2 heterocycles. The van der Waals surface area contributed by atoms with Crippen LogP contribution in [0.15, 0.2) is 0 Å². The van der Waals surface area contributed by atoms with Crippen LogP contribution in [0, 0.1) is 5.92 Å². The molecule has 0 spiro atoms. The first-order valence-electron chi connectivity index (χ1n) is 5.47. The number of carbonyl (C=O) groups excluding carboxylic acids is 2. The predicted molar refractivity (Wildman–Crippen MR) is 54.9 cm³/mol. The summed E-state index contributed by atoms with van der Waals surface area (Å²) in [6.07, 6.45) is 2.48. The molecule has 2 aliphatic rings. The van der Waals surface area contributed by atoms with Crippen molar-refractivity contribution in [3.63, 3.8) is 0 Å². The lowest BCUT2D eigenvalue weighted by Gasteiger charge is -2.24. The Bertz CT molecular complexity index is 280. The number of hydrogen-bond acceptors (Lipinski definition) is 3. The lowest BCUT2D eigenvalue weighted by atomic mass is 10.1. The molecule has 0 aromatic carbocycles. The van der Waals surface area contributed by atoms with Crippen LogP contribution in [-0.2, 0) is 9.59 Å². The summed E-state index contributed by atoms with van der Waals surface area (Å²) in [6.45, 7) is 2.48. The van der Waals surface area contributed by atoms with Crippen molar-refractivity contribution < 1.29 is 9.59 Å². The normalized spacial score (nSPS) is 31.9. The molecule has 2 amide bonds. The van der Waals surface area contributed by atoms with Crippen molar-refractivity contribution in [2.45, 2.75) is 25.3 Å². The summed E-state index contributed by atoms with van der Waals surface area (Å²) in [5.41, 5.74) is 5.33. The van der Waals surface area contributed by atoms with Gasteiger partial charge in [-0.05, 0) is 25.3 Å². The van der Waals surface area contributed by atoms with E-state index in [4.69, 9.17) is 5.73 Å². The van der Waals surface area contributed by atoms with Crippen LogP contribution in [0.25, 0.3) is 0 Å². The average molecular weight is 211 g/mol. The van der Waals surface area contributed by atoms with Crippen LogP contribution in [0.1, 0.15) is 19.3 Å². The smallest absolute Gasteiger partial charge is 0.234 e. The second-order valence-electron chi connectivity index (χ2n) is 4.43. The van der Waals surface area contributed by atoms with E-state index >= 15 is 0 Å². The molecule has 5 nitrogen and oxygen atoms in total. The molecule has 2 saturated heterocycles. The van der Waals surface area contributed by atoms with Gasteiger partial charge in [0.25, 0.3) is 0 Å². The van der Waals surface area contributed by atoms with E-state index in [9.17, 15) is 9.59 Å². The number of rotatable bonds is 3. The third-order valence-corrected chi connectivity index (χ3v) is 3.25. The summed E-state index contributed by atoms with van der Waals surface area (Å²) < 4.78 is 0. The second kappa shape index (κ2) is 4.18. The summed E-state index contributed by atoms with van der Waals surface area (Å²) >= 11 is 0. The minimum Gasteiger partial charge on any atom is -0.368 e. The molecular formula is C10H17N3O2. The molecule has 84 valence electrons. The first kappa shape index (κ1) is 10.4. The van der Waals surface area contributed by atoms with Gasteiger partial charge in [0.1, 0.15) is 0 Å². The van der Waals surface area contributed by atoms with E-state index in [1.165, 1.54) is 0 Å². The SMILES string of the molecule is NC(=O)[C@H]1CCCN1C[C@@H]1CNC(=O)C1. The van der Waals surface area contributed by atoms with Gasteiger partial charge in [0.05, 0.1) is 6.04 Å². The van der Waals surface area contributed by atoms with Gasteiger partial charge in [-0.2, -0.15) is 0 Å². The van der Waals surface area contributed by atoms with Gasteiger partial charge in [-0.3, -0.25) is 14.5 Å². The monoisotopic (exact) mass is 211 g/mol. The highest BCUT2D eigenvalue weighted by atomic mass is 16.2. The van der Waals surface area contributed by atoms with Gasteiger partial charge in [0.15, 0.2) is 0 Å². The molecule has 0 aromatic heterocycles. The van der Waals surface area contributed by atoms with E-state index < -0.39 is 0 Å². The molecule has 0 unspecified atom stereocenters. The van der Waals surface area contributed by atoms with Crippen LogP contribution < -0.4 is 11.1 Å². The minimum absolute atomic E-state index is 0.110. The van der Waals surface area contributed by atoms with Crippen molar-refractivity contribution in [2.24, 2.45) is 11.7 Å². The Labute approximate surface area is 89.0 Å². The van der Waals surface area contributed by atoms with Gasteiger partial charge >= 0.3 is 0 Å². The highest BCUT2D eigenvalue weighted by Crippen LogP contribution is 2.20. The number of nitrogens with zero attached hydrogens (tertiary/aromatic N) is 1. The maximum Gasteiger partial charge on any atom is 0.234 e. The van der Waals surface area contributed by atoms with Crippen LogP contribution in [0.4, 0.5) is 0 Å². The summed E-state index contributed by atoms with van der Waals surface area (Å²) in [6, 6.07) is -0.110. The molecule has 2 rings (SSSR count). The molecule has 0 saturated carbocycles. The van der Waals surface area contributed by atoms with Crippen molar-refractivity contribution in [1.82, 2.24) is 10.2 Å². The zero-order valence-electron chi connectivity index (χ0n) is 8.74. The fraction of sp³-hybridized carbons (Fsp3) is 0.800. The van der Waals surface area contributed by atoms with Gasteiger partial charge in [-0.1, -0.05) is 0 Å². The van der Waals surface area contributed by atoms with E-state index in [0.717, 1.165) is 32.5 Å². The Balaban J connectivity index is 1.88. The maximum atomic E-state index is 11.1. The van der Waals surface area contributed by atoms with Gasteiger partial charge in [-0.15, -0.1) is 0 Å². The summed E-state index contributed by atoms with van der Waals surface area (Å²) in [4.78, 5) is 24.3. The Morgan fingerprint density at radius 1 is 1.60 bits per heavy atom. The Hall–Kier alpha value is -1.10. The molecular weight excluding hydrogens is 194 g/mol. The molecule has 2 fully saturated rings. The summed E-state index contributed by atoms with van der Waals surface area (Å²) in [5.74, 6) is 0.233. The summed E-state index contributed by atoms with van der Waals surface area (Å²) in [5, 5.41) is 2.81. The third kappa shape index (κ3) is 2.28. The first-order valence-corrected chi connectivity index (χ1v) is 5.47. The van der Waals surface area contributed by atoms with Gasteiger partial charge < -0.3 is 11.1 Å². The predicted octanol–water partition coefficient (Wildman–Crippen LogP) is -0.928. The van der Waals surface area contributed by atoms with Crippen molar-refractivity contribution in [3.05, 3.63) is 0 Å². The van der Waals surface area contributed by atoms with E-state index in [1.54, 1.807) is 0 Å². The maximum absolute atomic E-state index is 11.1. The fourth-order valence-corrected chi connectivity index (χ4v) is 2.49. The number of nitrogens with two attached hydrogens (primary N) is 1. The number of carbonyl (C=O) groups is 2. The van der Waals surface area contributed by atoms with Crippen LogP contribution in [0.5, 0.6) is 0 Å². The molecule has 15 heavy (non-hydrogen) atoms. The molecule has 3 N–H and O–H groups in total. The fourth-order valence-electron chi connectivity index (χ4n) is 2.49. The molecule has 5 heteroatoms. The highest BCUT2D eigenvalue weighted by molar-refractivity contribution is 5.80. The Morgan fingerprint density at radius 2 is 2.40 bits per heavy atom. The van der Waals surface area contributed by atoms with Crippen molar-refractivity contribution in [1.29, 1.82) is 0 Å². The largest absolute Gasteiger partial charge is 0.368 e. The van der Waals surface area contributed by atoms with Crippen molar-refractivity contribution in [3.8, 4) is 0 Å². The number of hydrogen-bond donors (Lipinski definition) is 2. The van der Waals surface area contributed by atoms with E-state index in [1.807, 2.05) is 0 Å². The zero-order chi connectivity index (χ0) is 10.8. The minimum atomic E-state index is -0.232. The van der Waals surface area contributed by atoms with E-state index in [0.29, 0.717) is 12.3 Å². The second-order valence-corrected chi connectivity index (χ2v) is 4.43. The number of amides is 2. The molecule has 0 bridgehead atoms. The van der Waals surface area contributed by atoms with Gasteiger partial charge in [0, 0.05) is 19.5 Å². The zero-order valence-corrected chi connectivity index (χ0v) is 8.74. The van der Waals surface area contributed by atoms with Gasteiger partial charge in [-0.25, -0.2) is 0 Å². The van der Waals surface area contributed by atoms with Crippen LogP contribution in [0.3, 0.4) is 0 Å². The Morgan fingerprint density at radius 3 is 3.00 bits per heavy atom. The first-order chi connectivity index (χ1) is 7.16. The average Bonchev–Trinajstić information content (AvgIpc) is 2.75. The molecule has 0 radical (unpaired) electrons. The topological polar surface area (TPSA) is 75.4 Å². The van der Waals surface area contributed by atoms with Crippen LogP contribution in [0.2, 0.25) is 0 Å². The van der Waals surface area contributed by atoms with Crippen molar-refractivity contribution in [2.75, 3.05) is 19.6 Å². The standard InChI is InChI=1S/C10H17N3O2/c11-10(15)8-2-1-3-13(8)6-7-4-9(14)12-5-7/h7-8H,1-6H2,(H2,11,15)(H,12,14)/t7-,8+/m0/s1. The summed E-state index contributed by atoms with van der Waals surface area (Å²) in [7, 11) is 0. The van der Waals surface area contributed by atoms with Crippen molar-refractivity contribution >= 4 is 11.8 Å². The molecule has 0 aliphatic carbocycles. The van der Waals surface area contributed by atoms with Crippen LogP contribution >= 0.6 is 0 Å². The quantitative estimate of drug-likeness (QED) is 0.633. The Kier molecular flexibility index (Phi) is 2.90. The molecule has 0 aromatic rings. The number of primary amides is 1. The molecule has 2 aliphatic heterocycles. The lowest BCUT2D eigenvalue weighted by molar-refractivity contribution is -0.122. The third-order valence-electron chi connectivity index (χ3n) is 3.25.